The molecule has 2 N–H and O–H groups in total. The predicted octanol–water partition coefficient (Wildman–Crippen LogP) is 3.03. The largest absolute Gasteiger partial charge is 0.358 e. The Balaban J connectivity index is 2.09. The topological polar surface area (TPSA) is 61.4 Å². The molecule has 0 saturated carbocycles. The Morgan fingerprint density at radius 3 is 2.13 bits per heavy atom. The lowest BCUT2D eigenvalue weighted by molar-refractivity contribution is -0.142. The van der Waals surface area contributed by atoms with Gasteiger partial charge in [-0.25, -0.2) is 0 Å². The first kappa shape index (κ1) is 22.5. The van der Waals surface area contributed by atoms with E-state index in [0.29, 0.717) is 12.8 Å². The molecule has 3 rings (SSSR count). The van der Waals surface area contributed by atoms with E-state index in [1.807, 2.05) is 48.5 Å². The number of fused-ring (bicyclic) bond motifs is 1. The van der Waals surface area contributed by atoms with E-state index in [-0.39, 0.29) is 11.8 Å². The molecule has 3 aromatic carbocycles. The second-order valence-electron chi connectivity index (χ2n) is 8.13. The maximum Gasteiger partial charge on any atom is 0.241 e. The van der Waals surface area contributed by atoms with Gasteiger partial charge in [0.1, 0.15) is 5.54 Å². The number of carbonyl (C=O) groups is 2. The van der Waals surface area contributed by atoms with Crippen LogP contribution < -0.4 is 10.6 Å². The smallest absolute Gasteiger partial charge is 0.241 e. The van der Waals surface area contributed by atoms with Crippen LogP contribution in [0.25, 0.3) is 10.8 Å². The fourth-order valence-electron chi connectivity index (χ4n) is 4.27. The first-order valence-corrected chi connectivity index (χ1v) is 10.5. The third kappa shape index (κ3) is 4.78. The van der Waals surface area contributed by atoms with E-state index in [0.717, 1.165) is 21.9 Å². The molecule has 0 aromatic heterocycles. The molecule has 0 saturated heterocycles. The number of amides is 2. The van der Waals surface area contributed by atoms with Crippen LogP contribution in [0.3, 0.4) is 0 Å². The Hall–Kier alpha value is -3.18. The molecule has 3 aromatic rings. The second-order valence-corrected chi connectivity index (χ2v) is 8.13. The van der Waals surface area contributed by atoms with Crippen molar-refractivity contribution in [1.82, 2.24) is 15.5 Å². The quantitative estimate of drug-likeness (QED) is 0.592. The Bertz CT molecular complexity index is 1050. The van der Waals surface area contributed by atoms with Crippen LogP contribution in [0, 0.1) is 5.92 Å². The molecule has 0 fully saturated rings. The van der Waals surface area contributed by atoms with Crippen molar-refractivity contribution in [2.75, 3.05) is 28.2 Å². The molecule has 5 heteroatoms. The fourth-order valence-corrected chi connectivity index (χ4v) is 4.27. The maximum absolute atomic E-state index is 13.4. The van der Waals surface area contributed by atoms with Crippen molar-refractivity contribution >= 4 is 22.6 Å². The molecule has 0 aliphatic rings. The van der Waals surface area contributed by atoms with Crippen LogP contribution >= 0.6 is 0 Å². The van der Waals surface area contributed by atoms with E-state index in [4.69, 9.17) is 0 Å². The number of rotatable bonds is 8. The molecule has 1 unspecified atom stereocenters. The highest BCUT2D eigenvalue weighted by atomic mass is 16.2. The molecule has 2 amide bonds. The summed E-state index contributed by atoms with van der Waals surface area (Å²) < 4.78 is 0. The van der Waals surface area contributed by atoms with Crippen molar-refractivity contribution in [2.45, 2.75) is 18.4 Å². The van der Waals surface area contributed by atoms with Gasteiger partial charge >= 0.3 is 0 Å². The number of likely N-dealkylation sites (N-methyl/N-ethyl adjacent to an activating group) is 2. The highest BCUT2D eigenvalue weighted by Gasteiger charge is 2.48. The van der Waals surface area contributed by atoms with Gasteiger partial charge in [0.05, 0.1) is 5.92 Å². The first-order chi connectivity index (χ1) is 14.9. The van der Waals surface area contributed by atoms with Gasteiger partial charge in [0.15, 0.2) is 0 Å². The van der Waals surface area contributed by atoms with Gasteiger partial charge in [-0.1, -0.05) is 72.8 Å². The van der Waals surface area contributed by atoms with E-state index in [1.165, 1.54) is 0 Å². The lowest BCUT2D eigenvalue weighted by Gasteiger charge is -2.39. The zero-order valence-corrected chi connectivity index (χ0v) is 18.7. The number of hydrogen-bond donors (Lipinski definition) is 2. The number of hydrogen-bond acceptors (Lipinski definition) is 3. The van der Waals surface area contributed by atoms with Crippen LogP contribution in [0.15, 0.2) is 72.8 Å². The first-order valence-electron chi connectivity index (χ1n) is 10.5. The minimum absolute atomic E-state index is 0.0809. The Morgan fingerprint density at radius 1 is 0.871 bits per heavy atom. The molecule has 5 nitrogen and oxygen atoms in total. The van der Waals surface area contributed by atoms with Crippen molar-refractivity contribution in [1.29, 1.82) is 0 Å². The van der Waals surface area contributed by atoms with Gasteiger partial charge in [0.2, 0.25) is 11.8 Å². The zero-order valence-electron chi connectivity index (χ0n) is 18.7. The average Bonchev–Trinajstić information content (AvgIpc) is 2.80. The molecule has 162 valence electrons. The van der Waals surface area contributed by atoms with Crippen LogP contribution in [0.5, 0.6) is 0 Å². The summed E-state index contributed by atoms with van der Waals surface area (Å²) in [6.07, 6.45) is 0.852. The molecule has 2 atom stereocenters. The van der Waals surface area contributed by atoms with Gasteiger partial charge in [0.25, 0.3) is 0 Å². The summed E-state index contributed by atoms with van der Waals surface area (Å²) in [4.78, 5) is 28.3. The Labute approximate surface area is 184 Å². The van der Waals surface area contributed by atoms with Crippen molar-refractivity contribution in [3.8, 4) is 0 Å². The zero-order chi connectivity index (χ0) is 22.4. The van der Waals surface area contributed by atoms with Crippen molar-refractivity contribution in [3.05, 3.63) is 83.9 Å². The van der Waals surface area contributed by atoms with E-state index in [9.17, 15) is 9.59 Å². The van der Waals surface area contributed by atoms with Gasteiger partial charge in [-0.3, -0.25) is 9.59 Å². The number of benzene rings is 3. The van der Waals surface area contributed by atoms with Gasteiger partial charge in [-0.15, -0.1) is 0 Å². The lowest BCUT2D eigenvalue weighted by Crippen LogP contribution is -2.64. The highest BCUT2D eigenvalue weighted by molar-refractivity contribution is 5.94. The number of carbonyl (C=O) groups excluding carboxylic acids is 2. The molecule has 0 heterocycles. The van der Waals surface area contributed by atoms with Crippen molar-refractivity contribution < 1.29 is 9.59 Å². The van der Waals surface area contributed by atoms with E-state index < -0.39 is 11.5 Å². The molecular weight excluding hydrogens is 386 g/mol. The standard InChI is InChI=1S/C26H31N3O2/c1-27-25(31)26(28-2,18-20-14-15-21-12-8-9-13-22(21)16-20)23(24(30)29(3)4)17-19-10-6-5-7-11-19/h5-16,23,28H,17-18H2,1-4H3,(H,27,31)/t23-,26?/m0/s1. The summed E-state index contributed by atoms with van der Waals surface area (Å²) in [5, 5.41) is 8.32. The lowest BCUT2D eigenvalue weighted by atomic mass is 9.74. The molecule has 0 aliphatic heterocycles. The summed E-state index contributed by atoms with van der Waals surface area (Å²) in [7, 11) is 6.85. The third-order valence-corrected chi connectivity index (χ3v) is 5.99. The minimum Gasteiger partial charge on any atom is -0.358 e. The normalized spacial score (nSPS) is 13.9. The van der Waals surface area contributed by atoms with Crippen molar-refractivity contribution in [3.63, 3.8) is 0 Å². The summed E-state index contributed by atoms with van der Waals surface area (Å²) in [6.45, 7) is 0. The number of nitrogens with zero attached hydrogens (tertiary/aromatic N) is 1. The van der Waals surface area contributed by atoms with Gasteiger partial charge in [-0.2, -0.15) is 0 Å². The molecule has 0 spiro atoms. The molecule has 0 bridgehead atoms. The van der Waals surface area contributed by atoms with Crippen LogP contribution in [0.4, 0.5) is 0 Å². The summed E-state index contributed by atoms with van der Waals surface area (Å²) in [6, 6.07) is 24.2. The molecular formula is C26H31N3O2. The second kappa shape index (κ2) is 9.75. The van der Waals surface area contributed by atoms with E-state index in [2.05, 4.69) is 34.9 Å². The molecule has 0 radical (unpaired) electrons. The van der Waals surface area contributed by atoms with Gasteiger partial charge < -0.3 is 15.5 Å². The van der Waals surface area contributed by atoms with Crippen LogP contribution in [0.1, 0.15) is 11.1 Å². The van der Waals surface area contributed by atoms with E-state index >= 15 is 0 Å². The van der Waals surface area contributed by atoms with Crippen LogP contribution in [-0.4, -0.2) is 50.4 Å². The monoisotopic (exact) mass is 417 g/mol. The predicted molar refractivity (Wildman–Crippen MR) is 126 cm³/mol. The number of nitrogens with one attached hydrogen (secondary N) is 2. The average molecular weight is 418 g/mol. The highest BCUT2D eigenvalue weighted by Crippen LogP contribution is 2.29. The third-order valence-electron chi connectivity index (χ3n) is 5.99. The van der Waals surface area contributed by atoms with Crippen molar-refractivity contribution in [2.24, 2.45) is 5.92 Å². The van der Waals surface area contributed by atoms with Crippen LogP contribution in [-0.2, 0) is 22.4 Å². The Kier molecular flexibility index (Phi) is 7.08. The van der Waals surface area contributed by atoms with E-state index in [1.54, 1.807) is 33.1 Å². The maximum atomic E-state index is 13.4. The summed E-state index contributed by atoms with van der Waals surface area (Å²) >= 11 is 0. The van der Waals surface area contributed by atoms with Crippen LogP contribution in [0.2, 0.25) is 0 Å². The molecule has 0 aliphatic carbocycles. The SMILES string of the molecule is CNC(=O)C(Cc1ccc2ccccc2c1)(NC)[C@@H](Cc1ccccc1)C(=O)N(C)C. The van der Waals surface area contributed by atoms with Gasteiger partial charge in [-0.05, 0) is 35.4 Å². The summed E-state index contributed by atoms with van der Waals surface area (Å²) in [5.74, 6) is -0.858. The minimum atomic E-state index is -1.10. The summed E-state index contributed by atoms with van der Waals surface area (Å²) in [5.41, 5.74) is 0.917. The molecule has 31 heavy (non-hydrogen) atoms. The van der Waals surface area contributed by atoms with Gasteiger partial charge in [0, 0.05) is 27.6 Å². The fraction of sp³-hybridized carbons (Fsp3) is 0.308. The Morgan fingerprint density at radius 2 is 1.52 bits per heavy atom.